The lowest BCUT2D eigenvalue weighted by atomic mass is 10.2. The molecule has 100 valence electrons. The highest BCUT2D eigenvalue weighted by atomic mass is 35.5. The lowest BCUT2D eigenvalue weighted by Crippen LogP contribution is -2.26. The third-order valence-corrected chi connectivity index (χ3v) is 3.18. The summed E-state index contributed by atoms with van der Waals surface area (Å²) < 4.78 is 12.9. The van der Waals surface area contributed by atoms with Crippen LogP contribution in [0.1, 0.15) is 21.6 Å². The Balaban J connectivity index is 2.15. The zero-order chi connectivity index (χ0) is 14.0. The SMILES string of the molecule is Cc1[nH]ncc1C(=O)N(C)Cc1ccc(F)cc1Cl. The highest BCUT2D eigenvalue weighted by Crippen LogP contribution is 2.19. The normalized spacial score (nSPS) is 10.5. The summed E-state index contributed by atoms with van der Waals surface area (Å²) in [7, 11) is 1.66. The fourth-order valence-electron chi connectivity index (χ4n) is 1.75. The van der Waals surface area contributed by atoms with E-state index in [4.69, 9.17) is 11.6 Å². The molecule has 4 nitrogen and oxygen atoms in total. The molecule has 1 amide bonds. The molecule has 19 heavy (non-hydrogen) atoms. The van der Waals surface area contributed by atoms with Crippen molar-refractivity contribution in [3.63, 3.8) is 0 Å². The third-order valence-electron chi connectivity index (χ3n) is 2.83. The Morgan fingerprint density at radius 1 is 1.53 bits per heavy atom. The Morgan fingerprint density at radius 2 is 2.26 bits per heavy atom. The number of aromatic nitrogens is 2. The molecule has 1 heterocycles. The molecule has 1 N–H and O–H groups in total. The molecule has 1 aromatic carbocycles. The summed E-state index contributed by atoms with van der Waals surface area (Å²) >= 11 is 5.94. The lowest BCUT2D eigenvalue weighted by Gasteiger charge is -2.17. The zero-order valence-corrected chi connectivity index (χ0v) is 11.3. The first kappa shape index (κ1) is 13.5. The van der Waals surface area contributed by atoms with Gasteiger partial charge < -0.3 is 4.90 Å². The van der Waals surface area contributed by atoms with Crippen molar-refractivity contribution in [2.45, 2.75) is 13.5 Å². The predicted molar refractivity (Wildman–Crippen MR) is 70.5 cm³/mol. The van der Waals surface area contributed by atoms with Crippen LogP contribution in [0.25, 0.3) is 0 Å². The van der Waals surface area contributed by atoms with Crippen LogP contribution in [0.2, 0.25) is 5.02 Å². The Labute approximate surface area is 115 Å². The van der Waals surface area contributed by atoms with Crippen LogP contribution >= 0.6 is 11.6 Å². The zero-order valence-electron chi connectivity index (χ0n) is 10.6. The van der Waals surface area contributed by atoms with E-state index in [1.165, 1.54) is 23.2 Å². The van der Waals surface area contributed by atoms with Crippen molar-refractivity contribution in [2.24, 2.45) is 0 Å². The van der Waals surface area contributed by atoms with E-state index >= 15 is 0 Å². The fourth-order valence-corrected chi connectivity index (χ4v) is 1.98. The van der Waals surface area contributed by atoms with Gasteiger partial charge in [-0.2, -0.15) is 5.10 Å². The van der Waals surface area contributed by atoms with E-state index in [9.17, 15) is 9.18 Å². The van der Waals surface area contributed by atoms with Gasteiger partial charge in [0.15, 0.2) is 0 Å². The number of carbonyl (C=O) groups is 1. The smallest absolute Gasteiger partial charge is 0.257 e. The minimum atomic E-state index is -0.395. The second kappa shape index (κ2) is 5.40. The van der Waals surface area contributed by atoms with Crippen LogP contribution in [0.3, 0.4) is 0 Å². The van der Waals surface area contributed by atoms with Gasteiger partial charge in [-0.25, -0.2) is 4.39 Å². The number of hydrogen-bond acceptors (Lipinski definition) is 2. The highest BCUT2D eigenvalue weighted by Gasteiger charge is 2.16. The molecule has 2 rings (SSSR count). The summed E-state index contributed by atoms with van der Waals surface area (Å²) in [6.07, 6.45) is 1.49. The molecule has 1 aromatic heterocycles. The first-order valence-corrected chi connectivity index (χ1v) is 6.06. The number of aryl methyl sites for hydroxylation is 1. The number of aromatic amines is 1. The van der Waals surface area contributed by atoms with Gasteiger partial charge in [0.2, 0.25) is 0 Å². The van der Waals surface area contributed by atoms with Gasteiger partial charge in [-0.1, -0.05) is 17.7 Å². The Morgan fingerprint density at radius 3 is 2.84 bits per heavy atom. The standard InChI is InChI=1S/C13H13ClFN3O/c1-8-11(6-16-17-8)13(19)18(2)7-9-3-4-10(15)5-12(9)14/h3-6H,7H2,1-2H3,(H,16,17). The van der Waals surface area contributed by atoms with E-state index in [2.05, 4.69) is 10.2 Å². The molecule has 0 bridgehead atoms. The number of halogens is 2. The quantitative estimate of drug-likeness (QED) is 0.940. The average molecular weight is 282 g/mol. The molecular formula is C13H13ClFN3O. The van der Waals surface area contributed by atoms with Crippen LogP contribution in [0.15, 0.2) is 24.4 Å². The summed E-state index contributed by atoms with van der Waals surface area (Å²) in [4.78, 5) is 13.7. The van der Waals surface area contributed by atoms with Crippen LogP contribution < -0.4 is 0 Å². The largest absolute Gasteiger partial charge is 0.337 e. The second-order valence-corrected chi connectivity index (χ2v) is 4.71. The van der Waals surface area contributed by atoms with Gasteiger partial charge >= 0.3 is 0 Å². The Hall–Kier alpha value is -1.88. The van der Waals surface area contributed by atoms with Crippen LogP contribution in [-0.4, -0.2) is 28.1 Å². The molecule has 0 aliphatic rings. The third kappa shape index (κ3) is 2.93. The van der Waals surface area contributed by atoms with Crippen molar-refractivity contribution >= 4 is 17.5 Å². The maximum Gasteiger partial charge on any atom is 0.257 e. The van der Waals surface area contributed by atoms with Gasteiger partial charge in [-0.05, 0) is 24.6 Å². The number of amides is 1. The number of nitrogens with zero attached hydrogens (tertiary/aromatic N) is 2. The van der Waals surface area contributed by atoms with Gasteiger partial charge in [0.1, 0.15) is 5.82 Å². The predicted octanol–water partition coefficient (Wildman–Crippen LogP) is 2.78. The summed E-state index contributed by atoms with van der Waals surface area (Å²) in [5.74, 6) is -0.556. The number of hydrogen-bond donors (Lipinski definition) is 1. The van der Waals surface area contributed by atoms with Crippen molar-refractivity contribution in [3.05, 3.63) is 52.1 Å². The van der Waals surface area contributed by atoms with Crippen molar-refractivity contribution in [2.75, 3.05) is 7.05 Å². The van der Waals surface area contributed by atoms with Crippen LogP contribution in [-0.2, 0) is 6.54 Å². The lowest BCUT2D eigenvalue weighted by molar-refractivity contribution is 0.0784. The van der Waals surface area contributed by atoms with Crippen LogP contribution in [0.4, 0.5) is 4.39 Å². The molecule has 0 saturated heterocycles. The van der Waals surface area contributed by atoms with Crippen molar-refractivity contribution in [1.29, 1.82) is 0 Å². The summed E-state index contributed by atoms with van der Waals surface area (Å²) in [6.45, 7) is 2.08. The van der Waals surface area contributed by atoms with Crippen molar-refractivity contribution in [1.82, 2.24) is 15.1 Å². The molecule has 0 radical (unpaired) electrons. The van der Waals surface area contributed by atoms with Gasteiger partial charge in [-0.15, -0.1) is 0 Å². The minimum Gasteiger partial charge on any atom is -0.337 e. The Kier molecular flexibility index (Phi) is 3.85. The van der Waals surface area contributed by atoms with Crippen molar-refractivity contribution < 1.29 is 9.18 Å². The first-order chi connectivity index (χ1) is 8.99. The first-order valence-electron chi connectivity index (χ1n) is 5.68. The second-order valence-electron chi connectivity index (χ2n) is 4.31. The summed E-state index contributed by atoms with van der Waals surface area (Å²) in [6, 6.07) is 4.13. The van der Waals surface area contributed by atoms with E-state index in [0.29, 0.717) is 28.4 Å². The number of benzene rings is 1. The van der Waals surface area contributed by atoms with E-state index in [1.54, 1.807) is 20.0 Å². The molecule has 0 unspecified atom stereocenters. The van der Waals surface area contributed by atoms with Gasteiger partial charge in [0.05, 0.1) is 11.8 Å². The van der Waals surface area contributed by atoms with Gasteiger partial charge in [0, 0.05) is 24.3 Å². The molecule has 0 aliphatic heterocycles. The number of H-pyrrole nitrogens is 1. The summed E-state index contributed by atoms with van der Waals surface area (Å²) in [5.41, 5.74) is 1.92. The molecule has 0 aliphatic carbocycles. The van der Waals surface area contributed by atoms with E-state index in [0.717, 1.165) is 0 Å². The average Bonchev–Trinajstić information content (AvgIpc) is 2.78. The maximum absolute atomic E-state index is 12.9. The van der Waals surface area contributed by atoms with Crippen LogP contribution in [0.5, 0.6) is 0 Å². The topological polar surface area (TPSA) is 49.0 Å². The van der Waals surface area contributed by atoms with E-state index in [1.807, 2.05) is 0 Å². The molecule has 0 atom stereocenters. The van der Waals surface area contributed by atoms with Gasteiger partial charge in [0.25, 0.3) is 5.91 Å². The molecular weight excluding hydrogens is 269 g/mol. The van der Waals surface area contributed by atoms with E-state index < -0.39 is 5.82 Å². The van der Waals surface area contributed by atoms with Crippen molar-refractivity contribution in [3.8, 4) is 0 Å². The number of nitrogens with one attached hydrogen (secondary N) is 1. The molecule has 2 aromatic rings. The highest BCUT2D eigenvalue weighted by molar-refractivity contribution is 6.31. The van der Waals surface area contributed by atoms with Gasteiger partial charge in [-0.3, -0.25) is 9.89 Å². The monoisotopic (exact) mass is 281 g/mol. The van der Waals surface area contributed by atoms with Crippen LogP contribution in [0, 0.1) is 12.7 Å². The minimum absolute atomic E-state index is 0.161. The number of rotatable bonds is 3. The molecule has 0 fully saturated rings. The molecule has 6 heteroatoms. The number of carbonyl (C=O) groups excluding carboxylic acids is 1. The van der Waals surface area contributed by atoms with E-state index in [-0.39, 0.29) is 5.91 Å². The maximum atomic E-state index is 12.9. The molecule has 0 spiro atoms. The summed E-state index contributed by atoms with van der Waals surface area (Å²) in [5, 5.41) is 6.84. The Bertz CT molecular complexity index is 612. The fraction of sp³-hybridized carbons (Fsp3) is 0.231. The molecule has 0 saturated carbocycles.